The Morgan fingerprint density at radius 3 is 2.75 bits per heavy atom. The molecule has 20 heavy (non-hydrogen) atoms. The minimum absolute atomic E-state index is 0.381. The quantitative estimate of drug-likeness (QED) is 0.860. The predicted molar refractivity (Wildman–Crippen MR) is 83.8 cm³/mol. The van der Waals surface area contributed by atoms with E-state index in [1.807, 2.05) is 29.5 Å². The molecule has 1 unspecified atom stereocenters. The van der Waals surface area contributed by atoms with E-state index in [1.165, 1.54) is 30.6 Å². The fourth-order valence-corrected chi connectivity index (χ4v) is 3.91. The van der Waals surface area contributed by atoms with Crippen molar-refractivity contribution in [1.82, 2.24) is 0 Å². The highest BCUT2D eigenvalue weighted by Crippen LogP contribution is 2.39. The zero-order valence-corrected chi connectivity index (χ0v) is 12.2. The number of benzene rings is 1. The summed E-state index contributed by atoms with van der Waals surface area (Å²) in [5.41, 5.74) is 1.76. The second-order valence-electron chi connectivity index (χ2n) is 5.37. The summed E-state index contributed by atoms with van der Waals surface area (Å²) in [5.74, 6) is 0.708. The number of hydrogen-bond acceptors (Lipinski definition) is 3. The summed E-state index contributed by atoms with van der Waals surface area (Å²) in [6, 6.07) is 14.7. The maximum absolute atomic E-state index is 9.02. The van der Waals surface area contributed by atoms with Crippen LogP contribution in [-0.2, 0) is 0 Å². The minimum Gasteiger partial charge on any atom is -0.377 e. The molecular formula is C17H18N2S. The van der Waals surface area contributed by atoms with Crippen LogP contribution >= 0.6 is 11.3 Å². The molecule has 1 aromatic heterocycles. The predicted octanol–water partition coefficient (Wildman–Crippen LogP) is 4.96. The number of rotatable bonds is 4. The van der Waals surface area contributed by atoms with Crippen molar-refractivity contribution < 1.29 is 0 Å². The van der Waals surface area contributed by atoms with Crippen LogP contribution in [0, 0.1) is 17.2 Å². The first kappa shape index (κ1) is 13.2. The average Bonchev–Trinajstić information content (AvgIpc) is 3.18. The maximum Gasteiger partial charge on any atom is 0.0992 e. The molecule has 1 saturated carbocycles. The number of anilines is 1. The summed E-state index contributed by atoms with van der Waals surface area (Å²) in [7, 11) is 0. The Labute approximate surface area is 124 Å². The second kappa shape index (κ2) is 6.11. The van der Waals surface area contributed by atoms with Gasteiger partial charge in [0.05, 0.1) is 17.7 Å². The molecule has 0 radical (unpaired) electrons. The van der Waals surface area contributed by atoms with Gasteiger partial charge in [0.1, 0.15) is 0 Å². The van der Waals surface area contributed by atoms with Gasteiger partial charge < -0.3 is 5.32 Å². The second-order valence-corrected chi connectivity index (χ2v) is 6.35. The van der Waals surface area contributed by atoms with E-state index in [2.05, 4.69) is 35.0 Å². The molecule has 0 aliphatic heterocycles. The van der Waals surface area contributed by atoms with Crippen molar-refractivity contribution in [1.29, 1.82) is 5.26 Å². The van der Waals surface area contributed by atoms with Gasteiger partial charge in [-0.05, 0) is 48.4 Å². The van der Waals surface area contributed by atoms with E-state index < -0.39 is 0 Å². The van der Waals surface area contributed by atoms with Gasteiger partial charge in [-0.15, -0.1) is 11.3 Å². The van der Waals surface area contributed by atoms with Gasteiger partial charge >= 0.3 is 0 Å². The van der Waals surface area contributed by atoms with Crippen LogP contribution in [0.4, 0.5) is 5.69 Å². The summed E-state index contributed by atoms with van der Waals surface area (Å²) in [4.78, 5) is 1.40. The molecule has 3 heteroatoms. The third-order valence-corrected chi connectivity index (χ3v) is 4.99. The van der Waals surface area contributed by atoms with E-state index >= 15 is 0 Å². The van der Waals surface area contributed by atoms with Crippen LogP contribution in [0.3, 0.4) is 0 Å². The first-order chi connectivity index (χ1) is 9.86. The standard InChI is InChI=1S/C17H18N2S/c18-12-13-5-3-8-15(11-13)19-17(14-6-1-2-7-14)16-9-4-10-20-16/h3-5,8-11,14,17,19H,1-2,6-7H2. The summed E-state index contributed by atoms with van der Waals surface area (Å²) in [6.45, 7) is 0. The van der Waals surface area contributed by atoms with Crippen LogP contribution in [0.2, 0.25) is 0 Å². The van der Waals surface area contributed by atoms with Crippen molar-refractivity contribution in [2.45, 2.75) is 31.7 Å². The SMILES string of the molecule is N#Cc1cccc(NC(c2cccs2)C2CCCC2)c1. The molecule has 0 spiro atoms. The van der Waals surface area contributed by atoms with E-state index in [-0.39, 0.29) is 0 Å². The zero-order valence-electron chi connectivity index (χ0n) is 11.4. The first-order valence-corrected chi connectivity index (χ1v) is 8.05. The van der Waals surface area contributed by atoms with Gasteiger partial charge in [0, 0.05) is 10.6 Å². The Morgan fingerprint density at radius 1 is 1.20 bits per heavy atom. The smallest absolute Gasteiger partial charge is 0.0992 e. The van der Waals surface area contributed by atoms with Gasteiger partial charge in [0.15, 0.2) is 0 Å². The van der Waals surface area contributed by atoms with Crippen molar-refractivity contribution in [3.8, 4) is 6.07 Å². The van der Waals surface area contributed by atoms with Crippen LogP contribution in [-0.4, -0.2) is 0 Å². The lowest BCUT2D eigenvalue weighted by molar-refractivity contribution is 0.475. The number of thiophene rings is 1. The molecular weight excluding hydrogens is 264 g/mol. The topological polar surface area (TPSA) is 35.8 Å². The van der Waals surface area contributed by atoms with E-state index in [0.29, 0.717) is 17.5 Å². The Hall–Kier alpha value is -1.79. The summed E-state index contributed by atoms with van der Waals surface area (Å²) < 4.78 is 0. The van der Waals surface area contributed by atoms with E-state index in [4.69, 9.17) is 5.26 Å². The summed E-state index contributed by atoms with van der Waals surface area (Å²) >= 11 is 1.82. The molecule has 1 heterocycles. The van der Waals surface area contributed by atoms with Crippen molar-refractivity contribution in [3.63, 3.8) is 0 Å². The van der Waals surface area contributed by atoms with Gasteiger partial charge in [-0.1, -0.05) is 25.0 Å². The Bertz CT molecular complexity index is 592. The Balaban J connectivity index is 1.84. The number of nitriles is 1. The Kier molecular flexibility index (Phi) is 4.03. The van der Waals surface area contributed by atoms with Gasteiger partial charge in [0.2, 0.25) is 0 Å². The van der Waals surface area contributed by atoms with Crippen LogP contribution in [0.15, 0.2) is 41.8 Å². The number of nitrogens with one attached hydrogen (secondary N) is 1. The molecule has 1 aromatic carbocycles. The van der Waals surface area contributed by atoms with Crippen molar-refractivity contribution >= 4 is 17.0 Å². The van der Waals surface area contributed by atoms with Crippen molar-refractivity contribution in [2.75, 3.05) is 5.32 Å². The monoisotopic (exact) mass is 282 g/mol. The number of hydrogen-bond donors (Lipinski definition) is 1. The molecule has 1 fully saturated rings. The summed E-state index contributed by atoms with van der Waals surface area (Å²) in [6.07, 6.45) is 5.28. The van der Waals surface area contributed by atoms with Gasteiger partial charge in [0.25, 0.3) is 0 Å². The molecule has 1 N–H and O–H groups in total. The summed E-state index contributed by atoms with van der Waals surface area (Å²) in [5, 5.41) is 14.8. The highest BCUT2D eigenvalue weighted by molar-refractivity contribution is 7.10. The zero-order chi connectivity index (χ0) is 13.8. The van der Waals surface area contributed by atoms with Crippen LogP contribution in [0.5, 0.6) is 0 Å². The van der Waals surface area contributed by atoms with Gasteiger partial charge in [-0.3, -0.25) is 0 Å². The fraction of sp³-hybridized carbons (Fsp3) is 0.353. The molecule has 1 atom stereocenters. The maximum atomic E-state index is 9.02. The molecule has 1 aliphatic rings. The third-order valence-electron chi connectivity index (χ3n) is 4.03. The fourth-order valence-electron chi connectivity index (χ4n) is 3.04. The molecule has 3 rings (SSSR count). The highest BCUT2D eigenvalue weighted by Gasteiger charge is 2.26. The minimum atomic E-state index is 0.381. The lowest BCUT2D eigenvalue weighted by Gasteiger charge is -2.25. The van der Waals surface area contributed by atoms with E-state index in [0.717, 1.165) is 5.69 Å². The molecule has 1 aliphatic carbocycles. The molecule has 2 aromatic rings. The van der Waals surface area contributed by atoms with Crippen molar-refractivity contribution in [3.05, 3.63) is 52.2 Å². The van der Waals surface area contributed by atoms with Crippen LogP contribution in [0.25, 0.3) is 0 Å². The van der Waals surface area contributed by atoms with Gasteiger partial charge in [-0.25, -0.2) is 0 Å². The number of nitrogens with zero attached hydrogens (tertiary/aromatic N) is 1. The van der Waals surface area contributed by atoms with Gasteiger partial charge in [-0.2, -0.15) is 5.26 Å². The normalized spacial score (nSPS) is 16.8. The first-order valence-electron chi connectivity index (χ1n) is 7.17. The van der Waals surface area contributed by atoms with Crippen LogP contribution < -0.4 is 5.32 Å². The molecule has 0 amide bonds. The van der Waals surface area contributed by atoms with E-state index in [9.17, 15) is 0 Å². The third kappa shape index (κ3) is 2.86. The molecule has 2 nitrogen and oxygen atoms in total. The highest BCUT2D eigenvalue weighted by atomic mass is 32.1. The lowest BCUT2D eigenvalue weighted by atomic mass is 9.96. The molecule has 0 saturated heterocycles. The van der Waals surface area contributed by atoms with E-state index in [1.54, 1.807) is 0 Å². The largest absolute Gasteiger partial charge is 0.377 e. The average molecular weight is 282 g/mol. The molecule has 102 valence electrons. The van der Waals surface area contributed by atoms with Crippen LogP contribution in [0.1, 0.15) is 42.2 Å². The molecule has 0 bridgehead atoms. The Morgan fingerprint density at radius 2 is 2.05 bits per heavy atom. The lowest BCUT2D eigenvalue weighted by Crippen LogP contribution is -2.18. The van der Waals surface area contributed by atoms with Crippen molar-refractivity contribution in [2.24, 2.45) is 5.92 Å².